The zero-order valence-corrected chi connectivity index (χ0v) is 1.50. The summed E-state index contributed by atoms with van der Waals surface area (Å²) in [6.45, 7) is 0. The minimum absolute atomic E-state index is 0. The van der Waals surface area contributed by atoms with Crippen molar-refractivity contribution < 1.29 is 0 Å². The van der Waals surface area contributed by atoms with Gasteiger partial charge in [0.1, 0.15) is 0 Å². The van der Waals surface area contributed by atoms with E-state index in [0.29, 0.717) is 0 Å². The van der Waals surface area contributed by atoms with Crippen LogP contribution in [0, 0.1) is 0 Å². The first-order chi connectivity index (χ1) is 0. The van der Waals surface area contributed by atoms with Gasteiger partial charge >= 0.3 is 104 Å². The Morgan fingerprint density at radius 2 is 1.00 bits per heavy atom. The summed E-state index contributed by atoms with van der Waals surface area (Å²) in [5.74, 6) is 0. The first-order valence-corrected chi connectivity index (χ1v) is 0. The predicted octanol–water partition coefficient (Wildman–Crippen LogP) is -2.10. The van der Waals surface area contributed by atoms with E-state index in [1.165, 1.54) is 0 Å². The molecule has 0 radical (unpaired) electrons. The second-order valence-electron chi connectivity index (χ2n) is 0. The summed E-state index contributed by atoms with van der Waals surface area (Å²) >= 11 is 0. The molecule has 0 aliphatic carbocycles. The Morgan fingerprint density at radius 3 is 1.00 bits per heavy atom. The Morgan fingerprint density at radius 1 is 1.00 bits per heavy atom. The monoisotopic (exact) mass is 124 g/mol. The van der Waals surface area contributed by atoms with Crippen molar-refractivity contribution in [1.82, 2.24) is 0 Å². The summed E-state index contributed by atoms with van der Waals surface area (Å²) in [6.07, 6.45) is 0. The molecular formula is H6KMgNaS. The van der Waals surface area contributed by atoms with Crippen molar-refractivity contribution in [1.29, 1.82) is 0 Å². The van der Waals surface area contributed by atoms with Crippen molar-refractivity contribution >= 4 is 117 Å². The molecule has 0 bridgehead atoms. The number of hydrogen-bond donors (Lipinski definition) is 0. The van der Waals surface area contributed by atoms with Crippen LogP contribution in [0.5, 0.6) is 0 Å². The molecule has 0 amide bonds. The molecule has 0 atom stereocenters. The molecular weight excluding hydrogens is 118 g/mol. The van der Waals surface area contributed by atoms with Gasteiger partial charge in [-0.1, -0.05) is 0 Å². The Hall–Kier alpha value is 3.75. The van der Waals surface area contributed by atoms with Gasteiger partial charge in [0.25, 0.3) is 0 Å². The molecule has 4 heavy (non-hydrogen) atoms. The topological polar surface area (TPSA) is 0 Å². The van der Waals surface area contributed by atoms with Gasteiger partial charge in [-0.3, -0.25) is 0 Å². The Balaban J connectivity index is 0. The summed E-state index contributed by atoms with van der Waals surface area (Å²) < 4.78 is 0. The van der Waals surface area contributed by atoms with Crippen LogP contribution in [-0.4, -0.2) is 104 Å². The van der Waals surface area contributed by atoms with Crippen molar-refractivity contribution in [3.63, 3.8) is 0 Å². The van der Waals surface area contributed by atoms with E-state index in [-0.39, 0.29) is 117 Å². The first-order valence-electron chi connectivity index (χ1n) is 0. The normalized spacial score (nSPS) is 0. The van der Waals surface area contributed by atoms with Crippen LogP contribution < -0.4 is 0 Å². The van der Waals surface area contributed by atoms with Gasteiger partial charge in [-0.05, 0) is 0 Å². The van der Waals surface area contributed by atoms with Crippen molar-refractivity contribution in [3.05, 3.63) is 0 Å². The van der Waals surface area contributed by atoms with Crippen LogP contribution in [0.25, 0.3) is 0 Å². The third kappa shape index (κ3) is 9.23. The molecule has 0 saturated carbocycles. The third-order valence-corrected chi connectivity index (χ3v) is 0. The molecule has 0 aromatic rings. The van der Waals surface area contributed by atoms with Gasteiger partial charge in [0.15, 0.2) is 0 Å². The fourth-order valence-electron chi connectivity index (χ4n) is 0. The molecule has 0 aliphatic rings. The van der Waals surface area contributed by atoms with Gasteiger partial charge in [-0.15, -0.1) is 0 Å². The molecule has 0 aromatic heterocycles. The molecule has 0 unspecified atom stereocenters. The van der Waals surface area contributed by atoms with E-state index < -0.39 is 0 Å². The van der Waals surface area contributed by atoms with E-state index in [1.54, 1.807) is 0 Å². The molecule has 0 aromatic carbocycles. The second-order valence-corrected chi connectivity index (χ2v) is 0. The molecule has 0 heterocycles. The van der Waals surface area contributed by atoms with Crippen LogP contribution in [0.1, 0.15) is 0 Å². The summed E-state index contributed by atoms with van der Waals surface area (Å²) in [7, 11) is 0. The van der Waals surface area contributed by atoms with Gasteiger partial charge in [0.05, 0.1) is 0 Å². The third-order valence-electron chi connectivity index (χ3n) is 0. The maximum atomic E-state index is 0. The molecule has 0 aliphatic heterocycles. The minimum atomic E-state index is 0. The Bertz CT molecular complexity index is 8.00. The van der Waals surface area contributed by atoms with E-state index in [1.807, 2.05) is 0 Å². The van der Waals surface area contributed by atoms with Gasteiger partial charge in [-0.25, -0.2) is 0 Å². The molecule has 16 valence electrons. The maximum absolute atomic E-state index is 0. The summed E-state index contributed by atoms with van der Waals surface area (Å²) in [5.41, 5.74) is 0. The fourth-order valence-corrected chi connectivity index (χ4v) is 0. The quantitative estimate of drug-likeness (QED) is 0.325. The van der Waals surface area contributed by atoms with Crippen LogP contribution in [-0.2, 0) is 0 Å². The molecule has 4 heteroatoms. The molecule has 0 nitrogen and oxygen atoms in total. The van der Waals surface area contributed by atoms with Crippen LogP contribution in [0.4, 0.5) is 0 Å². The summed E-state index contributed by atoms with van der Waals surface area (Å²) in [4.78, 5) is 0. The average molecular weight is 125 g/mol. The predicted molar refractivity (Wildman–Crippen MR) is 33.2 cm³/mol. The number of hydrogen-bond acceptors (Lipinski definition) is 0. The molecule has 0 fully saturated rings. The zero-order chi connectivity index (χ0) is 0. The van der Waals surface area contributed by atoms with Crippen LogP contribution in [0.2, 0.25) is 0 Å². The van der Waals surface area contributed by atoms with Crippen LogP contribution in [0.3, 0.4) is 0 Å². The van der Waals surface area contributed by atoms with E-state index in [9.17, 15) is 0 Å². The van der Waals surface area contributed by atoms with Gasteiger partial charge in [-0.2, -0.15) is 13.5 Å². The Labute approximate surface area is 114 Å². The molecule has 0 rings (SSSR count). The summed E-state index contributed by atoms with van der Waals surface area (Å²) in [5, 5.41) is 0. The Kier molecular flexibility index (Phi) is 99.6. The standard InChI is InChI=1S/K.Mg.Na.H2S.4H/h;;;1H2;;;;. The second kappa shape index (κ2) is 15.9. The zero-order valence-electron chi connectivity index (χ0n) is 0.500. The van der Waals surface area contributed by atoms with Crippen molar-refractivity contribution in [2.45, 2.75) is 0 Å². The van der Waals surface area contributed by atoms with Crippen molar-refractivity contribution in [2.75, 3.05) is 0 Å². The van der Waals surface area contributed by atoms with E-state index >= 15 is 0 Å². The van der Waals surface area contributed by atoms with E-state index in [0.717, 1.165) is 0 Å². The summed E-state index contributed by atoms with van der Waals surface area (Å²) in [6, 6.07) is 0. The van der Waals surface area contributed by atoms with Gasteiger partial charge in [0.2, 0.25) is 0 Å². The van der Waals surface area contributed by atoms with Crippen molar-refractivity contribution in [2.24, 2.45) is 0 Å². The molecule has 0 saturated heterocycles. The van der Waals surface area contributed by atoms with Gasteiger partial charge < -0.3 is 0 Å². The molecule has 0 spiro atoms. The molecule has 0 N–H and O–H groups in total. The van der Waals surface area contributed by atoms with Crippen molar-refractivity contribution in [3.8, 4) is 0 Å². The average Bonchev–Trinajstić information content (AvgIpc) is 0. The van der Waals surface area contributed by atoms with E-state index in [4.69, 9.17) is 0 Å². The van der Waals surface area contributed by atoms with Crippen LogP contribution >= 0.6 is 13.5 Å². The van der Waals surface area contributed by atoms with Gasteiger partial charge in [0, 0.05) is 0 Å². The fraction of sp³-hybridized carbons (Fsp3) is 0. The van der Waals surface area contributed by atoms with E-state index in [2.05, 4.69) is 0 Å². The first kappa shape index (κ1) is 25.1. The van der Waals surface area contributed by atoms with Crippen LogP contribution in [0.15, 0.2) is 0 Å². The number of rotatable bonds is 0. The SMILES string of the molecule is S.[KH].[MgH2].[NaH].